The minimum absolute atomic E-state index is 0.209. The van der Waals surface area contributed by atoms with Crippen LogP contribution in [0.25, 0.3) is 0 Å². The molecule has 5 nitrogen and oxygen atoms in total. The first-order valence-electron chi connectivity index (χ1n) is 7.92. The number of aryl methyl sites for hydroxylation is 1. The molecule has 27 heavy (non-hydrogen) atoms. The third-order valence-corrected chi connectivity index (χ3v) is 4.03. The normalized spacial score (nSPS) is 10.5. The highest BCUT2D eigenvalue weighted by molar-refractivity contribution is 6.31. The van der Waals surface area contributed by atoms with E-state index >= 15 is 0 Å². The first-order chi connectivity index (χ1) is 12.8. The van der Waals surface area contributed by atoms with Crippen LogP contribution in [-0.4, -0.2) is 10.5 Å². The average Bonchev–Trinajstić information content (AvgIpc) is 2.60. The Bertz CT molecular complexity index is 1080. The number of rotatable bonds is 4. The van der Waals surface area contributed by atoms with Crippen LogP contribution in [0.5, 0.6) is 11.5 Å². The van der Waals surface area contributed by atoms with Crippen LogP contribution in [0.15, 0.2) is 59.5 Å². The zero-order valence-electron chi connectivity index (χ0n) is 14.3. The second kappa shape index (κ2) is 7.63. The van der Waals surface area contributed by atoms with Gasteiger partial charge in [0.05, 0.1) is 5.56 Å². The monoisotopic (exact) mass is 385 g/mol. The molecule has 2 aromatic carbocycles. The number of hydrogen-bond donors (Lipinski definition) is 1. The first-order valence-corrected chi connectivity index (χ1v) is 8.30. The van der Waals surface area contributed by atoms with E-state index < -0.39 is 5.91 Å². The van der Waals surface area contributed by atoms with Gasteiger partial charge < -0.3 is 14.6 Å². The van der Waals surface area contributed by atoms with Gasteiger partial charge in [-0.15, -0.1) is 0 Å². The fraction of sp³-hybridized carbons (Fsp3) is 0.0500. The molecular weight excluding hydrogens is 371 g/mol. The highest BCUT2D eigenvalue weighted by Crippen LogP contribution is 2.31. The van der Waals surface area contributed by atoms with Crippen molar-refractivity contribution in [2.24, 2.45) is 0 Å². The molecule has 0 saturated heterocycles. The number of aromatic nitrogens is 1. The van der Waals surface area contributed by atoms with E-state index in [0.717, 1.165) is 4.57 Å². The second-order valence-corrected chi connectivity index (χ2v) is 6.27. The predicted octanol–water partition coefficient (Wildman–Crippen LogP) is 4.63. The zero-order valence-corrected chi connectivity index (χ0v) is 15.1. The number of carbonyl (C=O) groups excluding carboxylic acids is 1. The molecule has 0 bridgehead atoms. The molecule has 0 aliphatic heterocycles. The lowest BCUT2D eigenvalue weighted by Crippen LogP contribution is -2.18. The Balaban J connectivity index is 1.92. The van der Waals surface area contributed by atoms with Crippen molar-refractivity contribution in [3.63, 3.8) is 0 Å². The van der Waals surface area contributed by atoms with Gasteiger partial charge in [0.1, 0.15) is 17.3 Å². The number of anilines is 1. The summed E-state index contributed by atoms with van der Waals surface area (Å²) in [5.41, 5.74) is 0.744. The smallest absolute Gasteiger partial charge is 0.259 e. The molecule has 0 atom stereocenters. The Morgan fingerprint density at radius 1 is 1.15 bits per heavy atom. The Morgan fingerprint density at radius 2 is 1.93 bits per heavy atom. The van der Waals surface area contributed by atoms with Gasteiger partial charge in [0.2, 0.25) is 0 Å². The van der Waals surface area contributed by atoms with E-state index in [4.69, 9.17) is 16.3 Å². The van der Waals surface area contributed by atoms with E-state index in [1.807, 2.05) is 0 Å². The summed E-state index contributed by atoms with van der Waals surface area (Å²) in [5, 5.41) is 3.01. The van der Waals surface area contributed by atoms with Crippen molar-refractivity contribution < 1.29 is 13.9 Å². The maximum absolute atomic E-state index is 13.3. The van der Waals surface area contributed by atoms with E-state index in [1.165, 1.54) is 42.6 Å². The van der Waals surface area contributed by atoms with Crippen LogP contribution in [-0.2, 0) is 0 Å². The SMILES string of the molecule is [CH2]n1ccc(NC(=O)c2ccc(Cl)cc2Oc2ccc(F)cc2C)cc1=O. The van der Waals surface area contributed by atoms with Crippen molar-refractivity contribution in [1.29, 1.82) is 0 Å². The van der Waals surface area contributed by atoms with E-state index in [-0.39, 0.29) is 22.7 Å². The standard InChI is InChI=1S/C20H15ClFN2O3/c1-12-9-14(22)4-6-17(12)27-18-10-13(21)3-5-16(18)20(26)23-15-7-8-24(2)19(25)11-15/h3-11H,2H2,1H3,(H,23,26). The first kappa shape index (κ1) is 18.7. The van der Waals surface area contributed by atoms with E-state index in [1.54, 1.807) is 19.1 Å². The summed E-state index contributed by atoms with van der Waals surface area (Å²) >= 11 is 6.03. The van der Waals surface area contributed by atoms with Gasteiger partial charge in [0, 0.05) is 36.1 Å². The summed E-state index contributed by atoms with van der Waals surface area (Å²) in [6.07, 6.45) is 1.44. The lowest BCUT2D eigenvalue weighted by atomic mass is 10.1. The van der Waals surface area contributed by atoms with Crippen molar-refractivity contribution in [1.82, 2.24) is 4.57 Å². The largest absolute Gasteiger partial charge is 0.456 e. The van der Waals surface area contributed by atoms with Crippen LogP contribution in [0.3, 0.4) is 0 Å². The van der Waals surface area contributed by atoms with Gasteiger partial charge in [-0.3, -0.25) is 9.59 Å². The van der Waals surface area contributed by atoms with Crippen molar-refractivity contribution >= 4 is 23.2 Å². The van der Waals surface area contributed by atoms with Crippen molar-refractivity contribution in [3.05, 3.63) is 94.1 Å². The maximum Gasteiger partial charge on any atom is 0.259 e. The van der Waals surface area contributed by atoms with Gasteiger partial charge in [-0.2, -0.15) is 0 Å². The molecular formula is C20H15ClFN2O3. The molecule has 137 valence electrons. The number of pyridine rings is 1. The van der Waals surface area contributed by atoms with E-state index in [9.17, 15) is 14.0 Å². The molecule has 1 N–H and O–H groups in total. The summed E-state index contributed by atoms with van der Waals surface area (Å²) in [6.45, 7) is 1.69. The number of hydrogen-bond acceptors (Lipinski definition) is 3. The average molecular weight is 386 g/mol. The lowest BCUT2D eigenvalue weighted by molar-refractivity contribution is 0.102. The molecule has 0 saturated carbocycles. The van der Waals surface area contributed by atoms with Crippen LogP contribution >= 0.6 is 11.6 Å². The maximum atomic E-state index is 13.3. The Labute approximate surface area is 160 Å². The van der Waals surface area contributed by atoms with Gasteiger partial charge in [-0.05, 0) is 48.9 Å². The number of nitrogens with zero attached hydrogens (tertiary/aromatic N) is 1. The lowest BCUT2D eigenvalue weighted by Gasteiger charge is -2.13. The Hall–Kier alpha value is -3.12. The molecule has 0 unspecified atom stereocenters. The Morgan fingerprint density at radius 3 is 2.63 bits per heavy atom. The molecule has 3 rings (SSSR count). The number of ether oxygens (including phenoxy) is 1. The number of halogens is 2. The molecule has 7 heteroatoms. The van der Waals surface area contributed by atoms with Gasteiger partial charge >= 0.3 is 0 Å². The molecule has 3 aromatic rings. The van der Waals surface area contributed by atoms with Gasteiger partial charge in [-0.1, -0.05) is 11.6 Å². The van der Waals surface area contributed by atoms with Crippen LogP contribution < -0.4 is 15.6 Å². The van der Waals surface area contributed by atoms with Gasteiger partial charge in [0.25, 0.3) is 11.5 Å². The van der Waals surface area contributed by atoms with Gasteiger partial charge in [-0.25, -0.2) is 4.39 Å². The molecule has 0 aliphatic carbocycles. The minimum atomic E-state index is -0.484. The molecule has 0 spiro atoms. The van der Waals surface area contributed by atoms with E-state index in [2.05, 4.69) is 12.4 Å². The molecule has 1 heterocycles. The fourth-order valence-corrected chi connectivity index (χ4v) is 2.56. The molecule has 1 amide bonds. The van der Waals surface area contributed by atoms with Crippen LogP contribution in [0.1, 0.15) is 15.9 Å². The van der Waals surface area contributed by atoms with Crippen molar-refractivity contribution in [2.45, 2.75) is 6.92 Å². The summed E-state index contributed by atoms with van der Waals surface area (Å²) in [7, 11) is 3.51. The Kier molecular flexibility index (Phi) is 5.28. The number of carbonyl (C=O) groups is 1. The molecule has 1 aromatic heterocycles. The van der Waals surface area contributed by atoms with Crippen LogP contribution in [0.4, 0.5) is 10.1 Å². The number of amides is 1. The predicted molar refractivity (Wildman–Crippen MR) is 102 cm³/mol. The minimum Gasteiger partial charge on any atom is -0.456 e. The summed E-state index contributed by atoms with van der Waals surface area (Å²) in [5.74, 6) is -0.265. The van der Waals surface area contributed by atoms with E-state index in [0.29, 0.717) is 22.0 Å². The third-order valence-electron chi connectivity index (χ3n) is 3.80. The van der Waals surface area contributed by atoms with Crippen molar-refractivity contribution in [2.75, 3.05) is 5.32 Å². The highest BCUT2D eigenvalue weighted by atomic mass is 35.5. The number of nitrogens with one attached hydrogen (secondary N) is 1. The summed E-state index contributed by atoms with van der Waals surface area (Å²) < 4.78 is 20.2. The number of benzene rings is 2. The highest BCUT2D eigenvalue weighted by Gasteiger charge is 2.16. The topological polar surface area (TPSA) is 60.3 Å². The summed E-state index contributed by atoms with van der Waals surface area (Å²) in [6, 6.07) is 11.4. The van der Waals surface area contributed by atoms with Crippen LogP contribution in [0, 0.1) is 19.8 Å². The fourth-order valence-electron chi connectivity index (χ4n) is 2.40. The zero-order chi connectivity index (χ0) is 19.6. The second-order valence-electron chi connectivity index (χ2n) is 5.83. The summed E-state index contributed by atoms with van der Waals surface area (Å²) in [4.78, 5) is 24.3. The van der Waals surface area contributed by atoms with Crippen LogP contribution in [0.2, 0.25) is 5.02 Å². The molecule has 0 fully saturated rings. The van der Waals surface area contributed by atoms with Crippen molar-refractivity contribution in [3.8, 4) is 11.5 Å². The quantitative estimate of drug-likeness (QED) is 0.712. The van der Waals surface area contributed by atoms with Gasteiger partial charge in [0.15, 0.2) is 0 Å². The molecule has 1 radical (unpaired) electrons. The molecule has 0 aliphatic rings. The third kappa shape index (κ3) is 4.35.